The van der Waals surface area contributed by atoms with E-state index in [0.29, 0.717) is 22.5 Å². The highest BCUT2D eigenvalue weighted by molar-refractivity contribution is 6.05. The van der Waals surface area contributed by atoms with Crippen LogP contribution in [0.15, 0.2) is 48.7 Å². The van der Waals surface area contributed by atoms with Gasteiger partial charge in [-0.05, 0) is 56.2 Å². The van der Waals surface area contributed by atoms with E-state index in [1.165, 1.54) is 18.3 Å². The van der Waals surface area contributed by atoms with E-state index < -0.39 is 29.8 Å². The van der Waals surface area contributed by atoms with Gasteiger partial charge in [-0.1, -0.05) is 11.6 Å². The summed E-state index contributed by atoms with van der Waals surface area (Å²) in [4.78, 5) is 64.9. The molecule has 0 fully saturated rings. The molecule has 4 rings (SSSR count). The van der Waals surface area contributed by atoms with E-state index in [4.69, 9.17) is 11.5 Å². The van der Waals surface area contributed by atoms with Crippen molar-refractivity contribution < 1.29 is 29.4 Å². The van der Waals surface area contributed by atoms with Crippen LogP contribution in [0.3, 0.4) is 0 Å². The number of nitrogens with two attached hydrogens (primary N) is 2. The minimum atomic E-state index is -1.23. The van der Waals surface area contributed by atoms with Crippen molar-refractivity contribution in [3.63, 3.8) is 0 Å². The number of hydrogen-bond donors (Lipinski definition) is 7. The number of benzene rings is 2. The number of aryl methyl sites for hydroxylation is 1. The second-order valence-corrected chi connectivity index (χ2v) is 9.55. The number of amides is 2. The first-order valence-corrected chi connectivity index (χ1v) is 13.1. The van der Waals surface area contributed by atoms with Crippen LogP contribution in [-0.2, 0) is 11.3 Å². The van der Waals surface area contributed by atoms with Crippen molar-refractivity contribution in [1.29, 1.82) is 0 Å². The summed E-state index contributed by atoms with van der Waals surface area (Å²) in [5, 5.41) is 27.2. The molecule has 0 aliphatic carbocycles. The molecule has 0 aliphatic heterocycles. The van der Waals surface area contributed by atoms with Crippen molar-refractivity contribution in [2.24, 2.45) is 0 Å². The first-order chi connectivity index (χ1) is 20.5. The number of aliphatic carboxylic acids is 1. The average Bonchev–Trinajstić information content (AvgIpc) is 2.97. The van der Waals surface area contributed by atoms with Gasteiger partial charge in [0.25, 0.3) is 11.8 Å². The number of fused-ring (bicyclic) bond motifs is 1. The van der Waals surface area contributed by atoms with E-state index in [1.54, 1.807) is 37.3 Å². The fraction of sp³-hybridized carbons (Fsp3) is 0.214. The van der Waals surface area contributed by atoms with Gasteiger partial charge < -0.3 is 37.6 Å². The van der Waals surface area contributed by atoms with Crippen LogP contribution in [0.2, 0.25) is 0 Å². The SMILES string of the molecule is Cc1ccc(C(=O)NCCC[C@H](NC(=O)c2ccc(NCc3cnc4nc(N)nc(N)c4n3)cc2)C(=O)O)c(C(=O)O)c1. The number of carbonyl (C=O) groups excluding carboxylic acids is 2. The quantitative estimate of drug-likeness (QED) is 0.116. The first-order valence-electron chi connectivity index (χ1n) is 13.1. The number of carboxylic acid groups (broad SMARTS) is 2. The molecule has 43 heavy (non-hydrogen) atoms. The lowest BCUT2D eigenvalue weighted by atomic mass is 10.0. The van der Waals surface area contributed by atoms with Gasteiger partial charge in [0.2, 0.25) is 5.95 Å². The molecule has 15 heteroatoms. The molecule has 15 nitrogen and oxygen atoms in total. The summed E-state index contributed by atoms with van der Waals surface area (Å²) >= 11 is 0. The summed E-state index contributed by atoms with van der Waals surface area (Å²) in [7, 11) is 0. The third-order valence-electron chi connectivity index (χ3n) is 6.33. The molecule has 9 N–H and O–H groups in total. The molecule has 2 amide bonds. The average molecular weight is 588 g/mol. The number of carboxylic acids is 2. The van der Waals surface area contributed by atoms with Crippen LogP contribution in [0.1, 0.15) is 55.2 Å². The summed E-state index contributed by atoms with van der Waals surface area (Å²) in [6.45, 7) is 2.09. The standard InChI is InChI=1S/C28H29N9O6/c1-14-4-9-18(19(11-14)26(40)41)25(39)31-10-2-3-20(27(42)43)35-24(38)15-5-7-16(8-6-15)32-12-17-13-33-23-21(34-17)22(29)36-28(30)37-23/h4-9,11,13,20,32H,2-3,10,12H2,1H3,(H,31,39)(H,35,38)(H,40,41)(H,42,43)(H4,29,30,33,36,37)/t20-/m0/s1. The van der Waals surface area contributed by atoms with Crippen LogP contribution in [0.4, 0.5) is 17.5 Å². The van der Waals surface area contributed by atoms with E-state index in [-0.39, 0.29) is 60.0 Å². The molecule has 2 aromatic heterocycles. The predicted molar refractivity (Wildman–Crippen MR) is 156 cm³/mol. The lowest BCUT2D eigenvalue weighted by Gasteiger charge is -2.15. The zero-order valence-electron chi connectivity index (χ0n) is 23.0. The van der Waals surface area contributed by atoms with Gasteiger partial charge >= 0.3 is 11.9 Å². The number of aromatic nitrogens is 4. The van der Waals surface area contributed by atoms with Gasteiger partial charge in [0.05, 0.1) is 29.6 Å². The number of hydrogen-bond acceptors (Lipinski definition) is 11. The van der Waals surface area contributed by atoms with Crippen molar-refractivity contribution in [3.8, 4) is 0 Å². The van der Waals surface area contributed by atoms with Gasteiger partial charge in [0.15, 0.2) is 17.0 Å². The maximum Gasteiger partial charge on any atom is 0.336 e. The maximum absolute atomic E-state index is 12.7. The molecule has 1 atom stereocenters. The Hall–Kier alpha value is -5.86. The summed E-state index contributed by atoms with van der Waals surface area (Å²) in [5.74, 6) is -3.49. The Morgan fingerprint density at radius 2 is 1.67 bits per heavy atom. The first kappa shape index (κ1) is 30.1. The number of carbonyl (C=O) groups is 4. The number of rotatable bonds is 12. The van der Waals surface area contributed by atoms with Crippen molar-refractivity contribution in [2.75, 3.05) is 23.3 Å². The van der Waals surface area contributed by atoms with Crippen molar-refractivity contribution in [2.45, 2.75) is 32.4 Å². The Morgan fingerprint density at radius 3 is 2.37 bits per heavy atom. The van der Waals surface area contributed by atoms with Crippen LogP contribution >= 0.6 is 0 Å². The van der Waals surface area contributed by atoms with Gasteiger partial charge in [0, 0.05) is 17.8 Å². The second-order valence-electron chi connectivity index (χ2n) is 9.55. The lowest BCUT2D eigenvalue weighted by molar-refractivity contribution is -0.139. The molecule has 4 aromatic rings. The van der Waals surface area contributed by atoms with Gasteiger partial charge in [-0.25, -0.2) is 19.6 Å². The van der Waals surface area contributed by atoms with Gasteiger partial charge in [-0.3, -0.25) is 9.59 Å². The highest BCUT2D eigenvalue weighted by Gasteiger charge is 2.21. The third kappa shape index (κ3) is 7.66. The summed E-state index contributed by atoms with van der Waals surface area (Å²) in [5.41, 5.74) is 14.1. The monoisotopic (exact) mass is 587 g/mol. The van der Waals surface area contributed by atoms with Crippen LogP contribution in [0.5, 0.6) is 0 Å². The van der Waals surface area contributed by atoms with Crippen LogP contribution in [-0.4, -0.2) is 66.5 Å². The highest BCUT2D eigenvalue weighted by Crippen LogP contribution is 2.16. The Balaban J connectivity index is 1.27. The summed E-state index contributed by atoms with van der Waals surface area (Å²) in [6.07, 6.45) is 1.79. The minimum absolute atomic E-state index is 0.00368. The van der Waals surface area contributed by atoms with Crippen molar-refractivity contribution >= 4 is 52.4 Å². The number of nitrogens with one attached hydrogen (secondary N) is 3. The molecule has 0 saturated carbocycles. The predicted octanol–water partition coefficient (Wildman–Crippen LogP) is 1.60. The molecule has 222 valence electrons. The van der Waals surface area contributed by atoms with E-state index in [2.05, 4.69) is 35.9 Å². The highest BCUT2D eigenvalue weighted by atomic mass is 16.4. The maximum atomic E-state index is 12.7. The third-order valence-corrected chi connectivity index (χ3v) is 6.33. The zero-order valence-corrected chi connectivity index (χ0v) is 23.0. The van der Waals surface area contributed by atoms with E-state index in [1.807, 2.05) is 0 Å². The fourth-order valence-corrected chi connectivity index (χ4v) is 4.14. The molecular weight excluding hydrogens is 558 g/mol. The van der Waals surface area contributed by atoms with Gasteiger partial charge in [-0.2, -0.15) is 9.97 Å². The second kappa shape index (κ2) is 13.2. The topological polar surface area (TPSA) is 248 Å². The van der Waals surface area contributed by atoms with Crippen LogP contribution < -0.4 is 27.4 Å². The fourth-order valence-electron chi connectivity index (χ4n) is 4.14. The van der Waals surface area contributed by atoms with Gasteiger partial charge in [0.1, 0.15) is 6.04 Å². The molecule has 0 aliphatic rings. The van der Waals surface area contributed by atoms with Crippen molar-refractivity contribution in [3.05, 3.63) is 76.6 Å². The molecule has 0 radical (unpaired) electrons. The molecule has 0 unspecified atom stereocenters. The Morgan fingerprint density at radius 1 is 0.930 bits per heavy atom. The number of aromatic carboxylic acids is 1. The number of nitrogens with zero attached hydrogens (tertiary/aromatic N) is 4. The number of nitrogen functional groups attached to an aromatic ring is 2. The van der Waals surface area contributed by atoms with Gasteiger partial charge in [-0.15, -0.1) is 0 Å². The summed E-state index contributed by atoms with van der Waals surface area (Å²) < 4.78 is 0. The zero-order chi connectivity index (χ0) is 31.1. The van der Waals surface area contributed by atoms with Crippen LogP contribution in [0, 0.1) is 6.92 Å². The lowest BCUT2D eigenvalue weighted by Crippen LogP contribution is -2.41. The smallest absolute Gasteiger partial charge is 0.336 e. The molecule has 0 spiro atoms. The largest absolute Gasteiger partial charge is 0.480 e. The minimum Gasteiger partial charge on any atom is -0.480 e. The molecule has 2 heterocycles. The molecule has 0 bridgehead atoms. The molecule has 2 aromatic carbocycles. The van der Waals surface area contributed by atoms with E-state index in [0.717, 1.165) is 0 Å². The number of anilines is 3. The Bertz CT molecular complexity index is 1690. The normalized spacial score (nSPS) is 11.5. The van der Waals surface area contributed by atoms with E-state index in [9.17, 15) is 29.4 Å². The van der Waals surface area contributed by atoms with E-state index >= 15 is 0 Å². The molecular formula is C28H29N9O6. The summed E-state index contributed by atoms with van der Waals surface area (Å²) in [6, 6.07) is 9.65. The Labute approximate surface area is 244 Å². The molecule has 0 saturated heterocycles. The van der Waals surface area contributed by atoms with Crippen LogP contribution in [0.25, 0.3) is 11.2 Å². The van der Waals surface area contributed by atoms with Crippen molar-refractivity contribution in [1.82, 2.24) is 30.6 Å². The Kier molecular flexibility index (Phi) is 9.24.